The number of rotatable bonds is 4. The van der Waals surface area contributed by atoms with E-state index in [0.29, 0.717) is 5.88 Å². The molecule has 19 heavy (non-hydrogen) atoms. The van der Waals surface area contributed by atoms with Gasteiger partial charge in [-0.1, -0.05) is 0 Å². The molecule has 0 unspecified atom stereocenters. The second-order valence-corrected chi connectivity index (χ2v) is 5.39. The van der Waals surface area contributed by atoms with Gasteiger partial charge < -0.3 is 10.5 Å². The number of sulfonamides is 1. The van der Waals surface area contributed by atoms with Gasteiger partial charge in [0.2, 0.25) is 5.88 Å². The lowest BCUT2D eigenvalue weighted by Gasteiger charge is -2.06. The maximum atomic E-state index is 12.0. The molecule has 1 heterocycles. The zero-order valence-electron chi connectivity index (χ0n) is 10.2. The van der Waals surface area contributed by atoms with E-state index in [2.05, 4.69) is 20.7 Å². The first kappa shape index (κ1) is 13.2. The number of aromatic nitrogens is 2. The van der Waals surface area contributed by atoms with Crippen molar-refractivity contribution in [2.45, 2.75) is 4.90 Å². The van der Waals surface area contributed by atoms with E-state index in [4.69, 9.17) is 4.74 Å². The summed E-state index contributed by atoms with van der Waals surface area (Å²) in [5, 5.41) is 7.38. The molecular weight excluding hydrogens is 268 g/mol. The van der Waals surface area contributed by atoms with Gasteiger partial charge in [0.05, 0.1) is 12.0 Å². The quantitative estimate of drug-likeness (QED) is 0.829. The lowest BCUT2D eigenvalue weighted by atomic mass is 10.3. The maximum Gasteiger partial charge on any atom is 0.263 e. The Bertz CT molecular complexity index is 653. The number of methoxy groups -OCH3 is 1. The Morgan fingerprint density at radius 3 is 2.32 bits per heavy atom. The fourth-order valence-electron chi connectivity index (χ4n) is 1.35. The number of anilines is 1. The summed E-state index contributed by atoms with van der Waals surface area (Å²) in [4.78, 5) is 0.137. The summed E-state index contributed by atoms with van der Waals surface area (Å²) in [5.41, 5.74) is 4.43. The molecule has 0 atom stereocenters. The van der Waals surface area contributed by atoms with Crippen LogP contribution in [-0.4, -0.2) is 25.7 Å². The minimum absolute atomic E-state index is 0.125. The van der Waals surface area contributed by atoms with Crippen molar-refractivity contribution in [1.82, 2.24) is 10.2 Å². The van der Waals surface area contributed by atoms with Crippen LogP contribution in [0.3, 0.4) is 0 Å². The number of nitrogens with one attached hydrogen (secondary N) is 1. The molecule has 0 amide bonds. The van der Waals surface area contributed by atoms with Crippen LogP contribution in [0.25, 0.3) is 0 Å². The first-order chi connectivity index (χ1) is 9.01. The van der Waals surface area contributed by atoms with E-state index in [-0.39, 0.29) is 10.7 Å². The minimum atomic E-state index is -3.67. The molecule has 0 radical (unpaired) electrons. The van der Waals surface area contributed by atoms with Crippen LogP contribution in [0.5, 0.6) is 5.88 Å². The highest BCUT2D eigenvalue weighted by Crippen LogP contribution is 2.15. The molecule has 0 saturated heterocycles. The summed E-state index contributed by atoms with van der Waals surface area (Å²) >= 11 is 0. The molecule has 1 aromatic carbocycles. The monoisotopic (exact) mass is 281 g/mol. The van der Waals surface area contributed by atoms with Crippen LogP contribution < -0.4 is 15.2 Å². The lowest BCUT2D eigenvalue weighted by Crippen LogP contribution is -2.39. The van der Waals surface area contributed by atoms with Gasteiger partial charge in [0.15, 0.2) is 5.82 Å². The van der Waals surface area contributed by atoms with Crippen molar-refractivity contribution in [3.05, 3.63) is 36.4 Å². The third-order valence-electron chi connectivity index (χ3n) is 2.32. The first-order valence-electron chi connectivity index (χ1n) is 5.34. The Morgan fingerprint density at radius 1 is 1.11 bits per heavy atom. The number of ether oxygens (including phenoxy) is 1. The van der Waals surface area contributed by atoms with Crippen LogP contribution >= 0.6 is 0 Å². The maximum absolute atomic E-state index is 12.0. The SMILES string of the molecule is COc1ccc(NS(=O)(=O)c2ccc([NH3+])cc2)nn1. The van der Waals surface area contributed by atoms with Crippen molar-refractivity contribution < 1.29 is 18.9 Å². The molecule has 0 fully saturated rings. The highest BCUT2D eigenvalue weighted by Gasteiger charge is 2.15. The van der Waals surface area contributed by atoms with Gasteiger partial charge in [-0.3, -0.25) is 4.72 Å². The number of hydrogen-bond acceptors (Lipinski definition) is 5. The topological polar surface area (TPSA) is 109 Å². The number of benzene rings is 1. The number of quaternary nitrogens is 1. The second kappa shape index (κ2) is 5.21. The molecule has 0 aliphatic heterocycles. The van der Waals surface area contributed by atoms with Gasteiger partial charge in [0.1, 0.15) is 5.69 Å². The van der Waals surface area contributed by atoms with E-state index in [1.165, 1.54) is 31.4 Å². The lowest BCUT2D eigenvalue weighted by molar-refractivity contribution is -0.254. The number of hydrogen-bond donors (Lipinski definition) is 2. The van der Waals surface area contributed by atoms with Crippen molar-refractivity contribution in [1.29, 1.82) is 0 Å². The molecule has 2 rings (SSSR count). The van der Waals surface area contributed by atoms with Crippen LogP contribution in [0.15, 0.2) is 41.3 Å². The summed E-state index contributed by atoms with van der Waals surface area (Å²) in [6, 6.07) is 9.18. The van der Waals surface area contributed by atoms with E-state index >= 15 is 0 Å². The van der Waals surface area contributed by atoms with Crippen molar-refractivity contribution in [3.63, 3.8) is 0 Å². The third-order valence-corrected chi connectivity index (χ3v) is 3.69. The molecule has 1 aromatic heterocycles. The Hall–Kier alpha value is -2.19. The smallest absolute Gasteiger partial charge is 0.263 e. The van der Waals surface area contributed by atoms with Crippen LogP contribution in [0.1, 0.15) is 0 Å². The van der Waals surface area contributed by atoms with Gasteiger partial charge in [-0.15, -0.1) is 10.2 Å². The number of nitrogens with zero attached hydrogens (tertiary/aromatic N) is 2. The molecule has 0 saturated carbocycles. The predicted octanol–water partition coefficient (Wildman–Crippen LogP) is 0.159. The zero-order valence-corrected chi connectivity index (χ0v) is 11.0. The van der Waals surface area contributed by atoms with Gasteiger partial charge in [-0.25, -0.2) is 8.42 Å². The van der Waals surface area contributed by atoms with Crippen molar-refractivity contribution >= 4 is 21.5 Å². The highest BCUT2D eigenvalue weighted by atomic mass is 32.2. The molecule has 0 spiro atoms. The van der Waals surface area contributed by atoms with Crippen LogP contribution in [-0.2, 0) is 10.0 Å². The molecular formula is C11H13N4O3S+. The Balaban J connectivity index is 2.23. The van der Waals surface area contributed by atoms with Gasteiger partial charge in [-0.2, -0.15) is 0 Å². The zero-order chi connectivity index (χ0) is 13.9. The van der Waals surface area contributed by atoms with Crippen LogP contribution in [0.2, 0.25) is 0 Å². The van der Waals surface area contributed by atoms with Crippen LogP contribution in [0.4, 0.5) is 11.5 Å². The Kier molecular flexibility index (Phi) is 3.63. The average molecular weight is 281 g/mol. The standard InChI is InChI=1S/C11H12N4O3S/c1-18-11-7-6-10(13-14-11)15-19(16,17)9-4-2-8(12)3-5-9/h2-7H,12H2,1H3,(H,13,15)/p+1. The van der Waals surface area contributed by atoms with E-state index in [9.17, 15) is 8.42 Å². The van der Waals surface area contributed by atoms with Crippen molar-refractivity contribution in [2.24, 2.45) is 0 Å². The fraction of sp³-hybridized carbons (Fsp3) is 0.0909. The third kappa shape index (κ3) is 3.18. The molecule has 7 nitrogen and oxygen atoms in total. The summed E-state index contributed by atoms with van der Waals surface area (Å²) in [6.45, 7) is 0. The summed E-state index contributed by atoms with van der Waals surface area (Å²) in [6.07, 6.45) is 0. The highest BCUT2D eigenvalue weighted by molar-refractivity contribution is 7.92. The normalized spacial score (nSPS) is 11.1. The van der Waals surface area contributed by atoms with Gasteiger partial charge >= 0.3 is 0 Å². The predicted molar refractivity (Wildman–Crippen MR) is 68.4 cm³/mol. The Labute approximate surface area is 110 Å². The second-order valence-electron chi connectivity index (χ2n) is 3.71. The van der Waals surface area contributed by atoms with Gasteiger partial charge in [0.25, 0.3) is 10.0 Å². The van der Waals surface area contributed by atoms with Crippen molar-refractivity contribution in [2.75, 3.05) is 11.8 Å². The largest absolute Gasteiger partial charge is 0.480 e. The fourth-order valence-corrected chi connectivity index (χ4v) is 2.34. The molecule has 8 heteroatoms. The Morgan fingerprint density at radius 2 is 1.79 bits per heavy atom. The molecule has 0 aliphatic rings. The van der Waals surface area contributed by atoms with Crippen molar-refractivity contribution in [3.8, 4) is 5.88 Å². The average Bonchev–Trinajstić information content (AvgIpc) is 2.40. The van der Waals surface area contributed by atoms with Gasteiger partial charge in [-0.05, 0) is 18.2 Å². The summed E-state index contributed by atoms with van der Waals surface area (Å²) in [5.74, 6) is 0.434. The molecule has 4 N–H and O–H groups in total. The molecule has 2 aromatic rings. The summed E-state index contributed by atoms with van der Waals surface area (Å²) in [7, 11) is -2.22. The minimum Gasteiger partial charge on any atom is -0.480 e. The molecule has 100 valence electrons. The van der Waals surface area contributed by atoms with E-state index in [1.807, 2.05) is 0 Å². The van der Waals surface area contributed by atoms with E-state index in [0.717, 1.165) is 5.69 Å². The molecule has 0 aliphatic carbocycles. The van der Waals surface area contributed by atoms with E-state index in [1.54, 1.807) is 12.1 Å². The summed E-state index contributed by atoms with van der Waals surface area (Å²) < 4.78 is 31.2. The molecule has 0 bridgehead atoms. The van der Waals surface area contributed by atoms with Gasteiger partial charge in [0, 0.05) is 18.2 Å². The van der Waals surface area contributed by atoms with E-state index < -0.39 is 10.0 Å². The van der Waals surface area contributed by atoms with Crippen LogP contribution in [0, 0.1) is 0 Å². The first-order valence-corrected chi connectivity index (χ1v) is 6.82.